The van der Waals surface area contributed by atoms with Crippen LogP contribution in [0.25, 0.3) is 0 Å². The predicted octanol–water partition coefficient (Wildman–Crippen LogP) is 1.60. The first-order valence-electron chi connectivity index (χ1n) is 3.19. The van der Waals surface area contributed by atoms with Gasteiger partial charge in [-0.2, -0.15) is 0 Å². The number of hydrogen-bond acceptors (Lipinski definition) is 2. The van der Waals surface area contributed by atoms with Gasteiger partial charge in [0.25, 0.3) is 0 Å². The zero-order chi connectivity index (χ0) is 7.94. The SMILES string of the molecule is O=C=C=CNc1ccccc1. The number of rotatable bonds is 2. The lowest BCUT2D eigenvalue weighted by atomic mass is 10.3. The Kier molecular flexibility index (Phi) is 2.76. The fourth-order valence-corrected chi connectivity index (χ4v) is 0.683. The molecule has 54 valence electrons. The molecule has 0 atom stereocenters. The molecule has 0 unspecified atom stereocenters. The molecule has 1 aromatic rings. The molecule has 0 aromatic heterocycles. The van der Waals surface area contributed by atoms with E-state index in [9.17, 15) is 4.79 Å². The number of nitrogens with one attached hydrogen (secondary N) is 1. The molecule has 0 aliphatic rings. The highest BCUT2D eigenvalue weighted by atomic mass is 16.1. The van der Waals surface area contributed by atoms with E-state index in [1.807, 2.05) is 30.3 Å². The van der Waals surface area contributed by atoms with Crippen molar-refractivity contribution in [3.8, 4) is 0 Å². The summed E-state index contributed by atoms with van der Waals surface area (Å²) in [6.45, 7) is 0. The first kappa shape index (κ1) is 7.36. The normalized spacial score (nSPS) is 7.64. The minimum atomic E-state index is 0.926. The second-order valence-corrected chi connectivity index (χ2v) is 1.90. The maximum absolute atomic E-state index is 9.69. The minimum Gasteiger partial charge on any atom is -0.355 e. The van der Waals surface area contributed by atoms with Crippen LogP contribution in [0, 0.1) is 0 Å². The average Bonchev–Trinajstić information content (AvgIpc) is 2.07. The van der Waals surface area contributed by atoms with Gasteiger partial charge in [-0.05, 0) is 17.9 Å². The summed E-state index contributed by atoms with van der Waals surface area (Å²) in [5, 5.41) is 2.85. The van der Waals surface area contributed by atoms with Crippen LogP contribution in [0.1, 0.15) is 0 Å². The summed E-state index contributed by atoms with van der Waals surface area (Å²) < 4.78 is 0. The highest BCUT2D eigenvalue weighted by molar-refractivity contribution is 5.49. The second-order valence-electron chi connectivity index (χ2n) is 1.90. The van der Waals surface area contributed by atoms with Crippen molar-refractivity contribution >= 4 is 11.6 Å². The lowest BCUT2D eigenvalue weighted by Crippen LogP contribution is -1.83. The molecule has 0 saturated carbocycles. The van der Waals surface area contributed by atoms with Crippen LogP contribution < -0.4 is 5.32 Å². The Morgan fingerprint density at radius 2 is 2.00 bits per heavy atom. The van der Waals surface area contributed by atoms with Crippen molar-refractivity contribution in [3.05, 3.63) is 42.3 Å². The Bertz CT molecular complexity index is 293. The van der Waals surface area contributed by atoms with Gasteiger partial charge in [-0.3, -0.25) is 0 Å². The number of hydrogen-bond donors (Lipinski definition) is 1. The molecular formula is C9H7NO. The zero-order valence-corrected chi connectivity index (χ0v) is 5.87. The van der Waals surface area contributed by atoms with Gasteiger partial charge in [0.05, 0.1) is 6.20 Å². The van der Waals surface area contributed by atoms with Gasteiger partial charge in [-0.1, -0.05) is 18.2 Å². The zero-order valence-electron chi connectivity index (χ0n) is 5.87. The van der Waals surface area contributed by atoms with E-state index in [2.05, 4.69) is 11.0 Å². The first-order chi connectivity index (χ1) is 5.43. The Hall–Kier alpha value is -1.75. The Morgan fingerprint density at radius 3 is 2.64 bits per heavy atom. The van der Waals surface area contributed by atoms with Crippen molar-refractivity contribution in [1.82, 2.24) is 0 Å². The largest absolute Gasteiger partial charge is 0.355 e. The van der Waals surface area contributed by atoms with Gasteiger partial charge >= 0.3 is 0 Å². The molecule has 1 rings (SSSR count). The van der Waals surface area contributed by atoms with Gasteiger partial charge in [0.2, 0.25) is 0 Å². The Labute approximate surface area is 64.9 Å². The molecule has 0 aliphatic heterocycles. The summed E-state index contributed by atoms with van der Waals surface area (Å²) in [4.78, 5) is 9.69. The summed E-state index contributed by atoms with van der Waals surface area (Å²) in [5.41, 5.74) is 3.18. The van der Waals surface area contributed by atoms with E-state index in [-0.39, 0.29) is 0 Å². The van der Waals surface area contributed by atoms with Crippen LogP contribution in [0.4, 0.5) is 5.69 Å². The van der Waals surface area contributed by atoms with Crippen LogP contribution in [-0.2, 0) is 4.79 Å². The molecule has 1 N–H and O–H groups in total. The van der Waals surface area contributed by atoms with E-state index in [4.69, 9.17) is 0 Å². The molecule has 0 fully saturated rings. The second kappa shape index (κ2) is 4.13. The van der Waals surface area contributed by atoms with E-state index < -0.39 is 0 Å². The number of para-hydroxylation sites is 1. The minimum absolute atomic E-state index is 0.926. The van der Waals surface area contributed by atoms with E-state index in [1.165, 1.54) is 12.1 Å². The van der Waals surface area contributed by atoms with Crippen LogP contribution in [0.3, 0.4) is 0 Å². The lowest BCUT2D eigenvalue weighted by molar-refractivity contribution is 0.569. The quantitative estimate of drug-likeness (QED) is 0.506. The third-order valence-electron chi connectivity index (χ3n) is 1.14. The summed E-state index contributed by atoms with van der Waals surface area (Å²) in [7, 11) is 0. The monoisotopic (exact) mass is 145 g/mol. The molecule has 0 saturated heterocycles. The van der Waals surface area contributed by atoms with Gasteiger partial charge in [-0.25, -0.2) is 4.79 Å². The van der Waals surface area contributed by atoms with Crippen molar-refractivity contribution < 1.29 is 4.79 Å². The summed E-state index contributed by atoms with van der Waals surface area (Å²) in [6.07, 6.45) is 1.42. The van der Waals surface area contributed by atoms with Gasteiger partial charge in [0.1, 0.15) is 0 Å². The number of carbonyl (C=O) groups excluding carboxylic acids is 1. The standard InChI is InChI=1S/C9H7NO/c11-8-4-7-10-9-5-2-1-3-6-9/h1-3,5-7,10H. The van der Waals surface area contributed by atoms with Crippen LogP contribution in [0.2, 0.25) is 0 Å². The highest BCUT2D eigenvalue weighted by Crippen LogP contribution is 2.03. The number of anilines is 1. The Morgan fingerprint density at radius 1 is 1.27 bits per heavy atom. The smallest absolute Gasteiger partial charge is 0.178 e. The van der Waals surface area contributed by atoms with E-state index in [0.717, 1.165) is 5.69 Å². The maximum Gasteiger partial charge on any atom is 0.178 e. The third-order valence-corrected chi connectivity index (χ3v) is 1.14. The molecule has 0 aliphatic carbocycles. The van der Waals surface area contributed by atoms with Crippen LogP contribution >= 0.6 is 0 Å². The highest BCUT2D eigenvalue weighted by Gasteiger charge is 1.80. The van der Waals surface area contributed by atoms with E-state index >= 15 is 0 Å². The lowest BCUT2D eigenvalue weighted by Gasteiger charge is -1.95. The molecule has 0 amide bonds. The summed E-state index contributed by atoms with van der Waals surface area (Å²) in [5.74, 6) is 1.52. The maximum atomic E-state index is 9.69. The number of benzene rings is 1. The van der Waals surface area contributed by atoms with Crippen LogP contribution in [-0.4, -0.2) is 5.94 Å². The molecule has 2 nitrogen and oxygen atoms in total. The van der Waals surface area contributed by atoms with E-state index in [0.29, 0.717) is 0 Å². The van der Waals surface area contributed by atoms with Gasteiger partial charge in [0.15, 0.2) is 5.94 Å². The van der Waals surface area contributed by atoms with Crippen molar-refractivity contribution in [2.75, 3.05) is 5.32 Å². The Balaban J connectivity index is 2.66. The molecule has 11 heavy (non-hydrogen) atoms. The molecule has 1 aromatic carbocycles. The average molecular weight is 145 g/mol. The van der Waals surface area contributed by atoms with E-state index in [1.54, 1.807) is 0 Å². The summed E-state index contributed by atoms with van der Waals surface area (Å²) in [6, 6.07) is 9.51. The molecular weight excluding hydrogens is 138 g/mol. The third kappa shape index (κ3) is 2.55. The van der Waals surface area contributed by atoms with Gasteiger partial charge < -0.3 is 5.32 Å². The fourth-order valence-electron chi connectivity index (χ4n) is 0.683. The first-order valence-corrected chi connectivity index (χ1v) is 3.19. The topological polar surface area (TPSA) is 29.1 Å². The molecule has 2 heteroatoms. The molecule has 0 radical (unpaired) electrons. The molecule has 0 heterocycles. The van der Waals surface area contributed by atoms with Crippen molar-refractivity contribution in [3.63, 3.8) is 0 Å². The van der Waals surface area contributed by atoms with Crippen molar-refractivity contribution in [2.45, 2.75) is 0 Å². The van der Waals surface area contributed by atoms with Crippen LogP contribution in [0.5, 0.6) is 0 Å². The summed E-state index contributed by atoms with van der Waals surface area (Å²) >= 11 is 0. The van der Waals surface area contributed by atoms with Gasteiger partial charge in [0, 0.05) is 5.69 Å². The van der Waals surface area contributed by atoms with Crippen molar-refractivity contribution in [1.29, 1.82) is 0 Å². The van der Waals surface area contributed by atoms with Gasteiger partial charge in [-0.15, -0.1) is 0 Å². The van der Waals surface area contributed by atoms with Crippen LogP contribution in [0.15, 0.2) is 42.3 Å². The van der Waals surface area contributed by atoms with Crippen molar-refractivity contribution in [2.24, 2.45) is 0 Å². The fraction of sp³-hybridized carbons (Fsp3) is 0. The molecule has 0 spiro atoms. The molecule has 0 bridgehead atoms. The predicted molar refractivity (Wildman–Crippen MR) is 43.8 cm³/mol.